The fraction of sp³-hybridized carbons (Fsp3) is 0.533. The number of halogens is 2. The van der Waals surface area contributed by atoms with Crippen molar-refractivity contribution in [1.82, 2.24) is 4.90 Å². The Kier molecular flexibility index (Phi) is 10.5. The normalized spacial score (nSPS) is 15.5. The van der Waals surface area contributed by atoms with Gasteiger partial charge in [0.05, 0.1) is 13.2 Å². The standard InChI is InChI=1S/C15H22BrN3OS.HI/c16-13-5-1-2-6-14(13)21-12-4-3-7-18-15(17)19-8-10-20-11-9-19;/h1-2,5-6H,3-4,7-12H2,(H2,17,18);1H. The van der Waals surface area contributed by atoms with Crippen molar-refractivity contribution in [2.45, 2.75) is 17.7 Å². The predicted octanol–water partition coefficient (Wildman–Crippen LogP) is 3.59. The topological polar surface area (TPSA) is 50.8 Å². The van der Waals surface area contributed by atoms with Gasteiger partial charge in [0.1, 0.15) is 0 Å². The molecule has 1 aliphatic heterocycles. The molecule has 0 aliphatic carbocycles. The molecular weight excluding hydrogens is 477 g/mol. The van der Waals surface area contributed by atoms with Crippen LogP contribution in [0.2, 0.25) is 0 Å². The molecule has 0 radical (unpaired) electrons. The van der Waals surface area contributed by atoms with Gasteiger partial charge in [-0.1, -0.05) is 12.1 Å². The lowest BCUT2D eigenvalue weighted by molar-refractivity contribution is 0.0674. The minimum Gasteiger partial charge on any atom is -0.378 e. The number of ether oxygens (including phenoxy) is 1. The molecule has 7 heteroatoms. The Bertz CT molecular complexity index is 470. The summed E-state index contributed by atoms with van der Waals surface area (Å²) in [6.45, 7) is 4.01. The van der Waals surface area contributed by atoms with Crippen molar-refractivity contribution in [2.75, 3.05) is 38.6 Å². The number of morpholine rings is 1. The van der Waals surface area contributed by atoms with E-state index >= 15 is 0 Å². The van der Waals surface area contributed by atoms with Gasteiger partial charge in [0, 0.05) is 29.0 Å². The van der Waals surface area contributed by atoms with Gasteiger partial charge >= 0.3 is 0 Å². The first-order chi connectivity index (χ1) is 10.3. The Hall–Kier alpha value is 0.01000. The van der Waals surface area contributed by atoms with Crippen LogP contribution in [0.1, 0.15) is 12.8 Å². The van der Waals surface area contributed by atoms with Crippen LogP contribution in [0, 0.1) is 0 Å². The molecule has 1 heterocycles. The first-order valence-corrected chi connectivity index (χ1v) is 9.05. The number of unbranched alkanes of at least 4 members (excludes halogenated alkanes) is 1. The lowest BCUT2D eigenvalue weighted by Gasteiger charge is -2.27. The predicted molar refractivity (Wildman–Crippen MR) is 108 cm³/mol. The molecule has 0 spiro atoms. The van der Waals surface area contributed by atoms with Crippen molar-refractivity contribution in [3.63, 3.8) is 0 Å². The second-order valence-corrected chi connectivity index (χ2v) is 6.82. The fourth-order valence-corrected chi connectivity index (χ4v) is 3.62. The van der Waals surface area contributed by atoms with Gasteiger partial charge in [0.2, 0.25) is 0 Å². The van der Waals surface area contributed by atoms with Crippen molar-refractivity contribution in [3.8, 4) is 0 Å². The minimum atomic E-state index is 0. The lowest BCUT2D eigenvalue weighted by atomic mass is 10.3. The van der Waals surface area contributed by atoms with Gasteiger partial charge in [-0.05, 0) is 46.7 Å². The van der Waals surface area contributed by atoms with E-state index in [1.54, 1.807) is 0 Å². The van der Waals surface area contributed by atoms with E-state index < -0.39 is 0 Å². The van der Waals surface area contributed by atoms with Crippen LogP contribution in [0.3, 0.4) is 0 Å². The maximum atomic E-state index is 5.98. The summed E-state index contributed by atoms with van der Waals surface area (Å²) in [6, 6.07) is 8.33. The zero-order valence-corrected chi connectivity index (χ0v) is 17.3. The van der Waals surface area contributed by atoms with Crippen molar-refractivity contribution in [1.29, 1.82) is 0 Å². The minimum absolute atomic E-state index is 0. The average molecular weight is 500 g/mol. The van der Waals surface area contributed by atoms with Crippen LogP contribution in [0.25, 0.3) is 0 Å². The smallest absolute Gasteiger partial charge is 0.191 e. The summed E-state index contributed by atoms with van der Waals surface area (Å²) in [4.78, 5) is 7.85. The molecule has 2 rings (SSSR count). The molecule has 1 aromatic rings. The Morgan fingerprint density at radius 2 is 2.00 bits per heavy atom. The van der Waals surface area contributed by atoms with Gasteiger partial charge in [-0.3, -0.25) is 4.99 Å². The molecule has 1 fully saturated rings. The molecule has 22 heavy (non-hydrogen) atoms. The maximum Gasteiger partial charge on any atom is 0.191 e. The van der Waals surface area contributed by atoms with E-state index in [9.17, 15) is 0 Å². The van der Waals surface area contributed by atoms with Crippen LogP contribution in [0.15, 0.2) is 38.6 Å². The molecule has 1 aromatic carbocycles. The average Bonchev–Trinajstić information content (AvgIpc) is 2.53. The summed E-state index contributed by atoms with van der Waals surface area (Å²) in [5.74, 6) is 1.77. The van der Waals surface area contributed by atoms with E-state index in [0.717, 1.165) is 51.4 Å². The first-order valence-electron chi connectivity index (χ1n) is 7.27. The third kappa shape index (κ3) is 7.06. The Balaban J connectivity index is 0.00000242. The fourth-order valence-electron chi connectivity index (χ4n) is 2.04. The van der Waals surface area contributed by atoms with Gasteiger partial charge in [0.25, 0.3) is 0 Å². The highest BCUT2D eigenvalue weighted by Gasteiger charge is 2.11. The summed E-state index contributed by atoms with van der Waals surface area (Å²) >= 11 is 5.45. The Morgan fingerprint density at radius 3 is 2.73 bits per heavy atom. The molecule has 124 valence electrons. The molecule has 1 aliphatic rings. The monoisotopic (exact) mass is 499 g/mol. The van der Waals surface area contributed by atoms with Gasteiger partial charge < -0.3 is 15.4 Å². The number of nitrogens with zero attached hydrogens (tertiary/aromatic N) is 2. The quantitative estimate of drug-likeness (QED) is 0.214. The van der Waals surface area contributed by atoms with E-state index in [1.807, 2.05) is 17.8 Å². The summed E-state index contributed by atoms with van der Waals surface area (Å²) in [5, 5.41) is 0. The number of nitrogens with two attached hydrogens (primary N) is 1. The molecule has 1 saturated heterocycles. The largest absolute Gasteiger partial charge is 0.378 e. The highest BCUT2D eigenvalue weighted by molar-refractivity contribution is 14.0. The number of aliphatic imine (C=N–C) groups is 1. The molecular formula is C15H23BrIN3OS. The van der Waals surface area contributed by atoms with Crippen LogP contribution in [-0.2, 0) is 4.74 Å². The zero-order valence-electron chi connectivity index (χ0n) is 12.5. The van der Waals surface area contributed by atoms with E-state index in [-0.39, 0.29) is 24.0 Å². The van der Waals surface area contributed by atoms with E-state index in [0.29, 0.717) is 5.96 Å². The van der Waals surface area contributed by atoms with Crippen LogP contribution >= 0.6 is 51.7 Å². The molecule has 0 unspecified atom stereocenters. The van der Waals surface area contributed by atoms with Crippen molar-refractivity contribution in [2.24, 2.45) is 10.7 Å². The zero-order chi connectivity index (χ0) is 14.9. The SMILES string of the molecule is I.NC(=NCCCCSc1ccccc1Br)N1CCOCC1. The number of guanidine groups is 1. The number of thioether (sulfide) groups is 1. The highest BCUT2D eigenvalue weighted by atomic mass is 127. The second kappa shape index (κ2) is 11.5. The third-order valence-electron chi connectivity index (χ3n) is 3.26. The van der Waals surface area contributed by atoms with Crippen molar-refractivity contribution in [3.05, 3.63) is 28.7 Å². The third-order valence-corrected chi connectivity index (χ3v) is 5.37. The molecule has 4 nitrogen and oxygen atoms in total. The summed E-state index contributed by atoms with van der Waals surface area (Å²) in [7, 11) is 0. The van der Waals surface area contributed by atoms with E-state index in [1.165, 1.54) is 9.37 Å². The lowest BCUT2D eigenvalue weighted by Crippen LogP contribution is -2.44. The van der Waals surface area contributed by atoms with Gasteiger partial charge in [0.15, 0.2) is 5.96 Å². The summed E-state index contributed by atoms with van der Waals surface area (Å²) < 4.78 is 6.47. The van der Waals surface area contributed by atoms with E-state index in [2.05, 4.69) is 44.0 Å². The molecule has 0 atom stereocenters. The van der Waals surface area contributed by atoms with Gasteiger partial charge in [-0.15, -0.1) is 35.7 Å². The van der Waals surface area contributed by atoms with Crippen LogP contribution < -0.4 is 5.73 Å². The molecule has 0 amide bonds. The molecule has 0 bridgehead atoms. The summed E-state index contributed by atoms with van der Waals surface area (Å²) in [5.41, 5.74) is 5.98. The van der Waals surface area contributed by atoms with Crippen molar-refractivity contribution < 1.29 is 4.74 Å². The van der Waals surface area contributed by atoms with Gasteiger partial charge in [-0.2, -0.15) is 0 Å². The molecule has 0 saturated carbocycles. The summed E-state index contributed by atoms with van der Waals surface area (Å²) in [6.07, 6.45) is 2.22. The van der Waals surface area contributed by atoms with Crippen molar-refractivity contribution >= 4 is 57.6 Å². The Labute approximate surface area is 162 Å². The number of benzene rings is 1. The van der Waals surface area contributed by atoms with E-state index in [4.69, 9.17) is 10.5 Å². The van der Waals surface area contributed by atoms with Crippen LogP contribution in [-0.4, -0.2) is 49.5 Å². The first kappa shape index (κ1) is 20.1. The van der Waals surface area contributed by atoms with Crippen LogP contribution in [0.4, 0.5) is 0 Å². The van der Waals surface area contributed by atoms with Crippen LogP contribution in [0.5, 0.6) is 0 Å². The maximum absolute atomic E-state index is 5.98. The Morgan fingerprint density at radius 1 is 1.27 bits per heavy atom. The number of rotatable bonds is 6. The number of hydrogen-bond acceptors (Lipinski definition) is 3. The number of hydrogen-bond donors (Lipinski definition) is 1. The molecule has 0 aromatic heterocycles. The van der Waals surface area contributed by atoms with Gasteiger partial charge in [-0.25, -0.2) is 0 Å². The molecule has 2 N–H and O–H groups in total. The highest BCUT2D eigenvalue weighted by Crippen LogP contribution is 2.27. The second-order valence-electron chi connectivity index (χ2n) is 4.83.